The normalized spacial score (nSPS) is 18.9. The van der Waals surface area contributed by atoms with Crippen LogP contribution in [0.3, 0.4) is 0 Å². The molecule has 0 atom stereocenters. The number of thiophene rings is 1. The Morgan fingerprint density at radius 2 is 2.25 bits per heavy atom. The SMILES string of the molecule is CCC1(CC)CCN(Cc2sccc2/C=C/C(=O)O)C1. The van der Waals surface area contributed by atoms with Gasteiger partial charge in [-0.15, -0.1) is 11.3 Å². The van der Waals surface area contributed by atoms with Crippen molar-refractivity contribution in [1.82, 2.24) is 4.90 Å². The predicted octanol–water partition coefficient (Wildman–Crippen LogP) is 3.86. The fourth-order valence-electron chi connectivity index (χ4n) is 2.98. The third-order valence-corrected chi connectivity index (χ3v) is 5.49. The maximum Gasteiger partial charge on any atom is 0.328 e. The lowest BCUT2D eigenvalue weighted by molar-refractivity contribution is -0.131. The van der Waals surface area contributed by atoms with Crippen molar-refractivity contribution in [2.45, 2.75) is 39.7 Å². The minimum Gasteiger partial charge on any atom is -0.478 e. The van der Waals surface area contributed by atoms with E-state index in [9.17, 15) is 4.79 Å². The molecule has 1 aromatic heterocycles. The Balaban J connectivity index is 2.02. The van der Waals surface area contributed by atoms with Crippen LogP contribution in [-0.4, -0.2) is 29.1 Å². The van der Waals surface area contributed by atoms with Crippen molar-refractivity contribution in [3.05, 3.63) is 28.0 Å². The van der Waals surface area contributed by atoms with E-state index >= 15 is 0 Å². The van der Waals surface area contributed by atoms with Crippen LogP contribution in [0.25, 0.3) is 6.08 Å². The number of carboxylic acid groups (broad SMARTS) is 1. The molecule has 4 heteroatoms. The van der Waals surface area contributed by atoms with Crippen LogP contribution in [0.4, 0.5) is 0 Å². The lowest BCUT2D eigenvalue weighted by atomic mass is 9.82. The van der Waals surface area contributed by atoms with Gasteiger partial charge in [-0.1, -0.05) is 13.8 Å². The van der Waals surface area contributed by atoms with Crippen LogP contribution in [-0.2, 0) is 11.3 Å². The summed E-state index contributed by atoms with van der Waals surface area (Å²) in [6.45, 7) is 7.85. The highest BCUT2D eigenvalue weighted by molar-refractivity contribution is 7.10. The van der Waals surface area contributed by atoms with Gasteiger partial charge in [0.25, 0.3) is 0 Å². The van der Waals surface area contributed by atoms with Gasteiger partial charge in [-0.05, 0) is 54.3 Å². The second kappa shape index (κ2) is 6.55. The van der Waals surface area contributed by atoms with Crippen LogP contribution in [0, 0.1) is 5.41 Å². The van der Waals surface area contributed by atoms with Gasteiger partial charge >= 0.3 is 5.97 Å². The number of hydrogen-bond donors (Lipinski definition) is 1. The smallest absolute Gasteiger partial charge is 0.328 e. The van der Waals surface area contributed by atoms with Crippen molar-refractivity contribution in [2.75, 3.05) is 13.1 Å². The van der Waals surface area contributed by atoms with Crippen molar-refractivity contribution in [3.8, 4) is 0 Å². The molecule has 0 amide bonds. The summed E-state index contributed by atoms with van der Waals surface area (Å²) in [6.07, 6.45) is 6.70. The Hall–Kier alpha value is -1.13. The zero-order chi connectivity index (χ0) is 14.6. The standard InChI is InChI=1S/C16H23NO2S/c1-3-16(4-2)8-9-17(12-16)11-14-13(7-10-20-14)5-6-15(18)19/h5-7,10H,3-4,8-9,11-12H2,1-2H3,(H,18,19)/b6-5+. The van der Waals surface area contributed by atoms with Crippen molar-refractivity contribution in [2.24, 2.45) is 5.41 Å². The molecule has 110 valence electrons. The van der Waals surface area contributed by atoms with Gasteiger partial charge in [-0.25, -0.2) is 4.79 Å². The van der Waals surface area contributed by atoms with Crippen molar-refractivity contribution < 1.29 is 9.90 Å². The number of carboxylic acids is 1. The molecular formula is C16H23NO2S. The van der Waals surface area contributed by atoms with Crippen LogP contribution < -0.4 is 0 Å². The van der Waals surface area contributed by atoms with Crippen molar-refractivity contribution in [1.29, 1.82) is 0 Å². The molecule has 20 heavy (non-hydrogen) atoms. The quantitative estimate of drug-likeness (QED) is 0.810. The first-order valence-corrected chi connectivity index (χ1v) is 8.16. The molecule has 0 bridgehead atoms. The molecule has 3 nitrogen and oxygen atoms in total. The Morgan fingerprint density at radius 1 is 1.50 bits per heavy atom. The molecule has 0 aliphatic carbocycles. The molecule has 0 saturated carbocycles. The third-order valence-electron chi connectivity index (χ3n) is 4.57. The monoisotopic (exact) mass is 293 g/mol. The second-order valence-electron chi connectivity index (χ2n) is 5.64. The Bertz CT molecular complexity index is 488. The summed E-state index contributed by atoms with van der Waals surface area (Å²) in [4.78, 5) is 14.4. The summed E-state index contributed by atoms with van der Waals surface area (Å²) in [5, 5.41) is 10.8. The van der Waals surface area contributed by atoms with E-state index in [2.05, 4.69) is 18.7 Å². The Kier molecular flexibility index (Phi) is 5.00. The first-order valence-electron chi connectivity index (χ1n) is 7.28. The van der Waals surface area contributed by atoms with Crippen LogP contribution in [0.1, 0.15) is 43.6 Å². The molecule has 1 aliphatic heterocycles. The molecule has 0 spiro atoms. The zero-order valence-electron chi connectivity index (χ0n) is 12.3. The fourth-order valence-corrected chi connectivity index (χ4v) is 3.89. The summed E-state index contributed by atoms with van der Waals surface area (Å²) < 4.78 is 0. The maximum atomic E-state index is 10.6. The Labute approximate surface area is 124 Å². The Morgan fingerprint density at radius 3 is 2.85 bits per heavy atom. The van der Waals surface area contributed by atoms with Gasteiger partial charge in [0.15, 0.2) is 0 Å². The third kappa shape index (κ3) is 3.49. The first kappa shape index (κ1) is 15.3. The minimum atomic E-state index is -0.890. The van der Waals surface area contributed by atoms with E-state index in [0.29, 0.717) is 5.41 Å². The molecule has 0 unspecified atom stereocenters. The van der Waals surface area contributed by atoms with Gasteiger partial charge in [0.2, 0.25) is 0 Å². The van der Waals surface area contributed by atoms with E-state index in [1.54, 1.807) is 17.4 Å². The van der Waals surface area contributed by atoms with Crippen molar-refractivity contribution in [3.63, 3.8) is 0 Å². The van der Waals surface area contributed by atoms with E-state index in [4.69, 9.17) is 5.11 Å². The second-order valence-corrected chi connectivity index (χ2v) is 6.64. The molecule has 0 radical (unpaired) electrons. The summed E-state index contributed by atoms with van der Waals surface area (Å²) in [6, 6.07) is 2.00. The number of nitrogens with zero attached hydrogens (tertiary/aromatic N) is 1. The average molecular weight is 293 g/mol. The van der Waals surface area contributed by atoms with E-state index in [1.165, 1.54) is 36.8 Å². The van der Waals surface area contributed by atoms with Gasteiger partial charge in [-0.3, -0.25) is 4.90 Å². The molecule has 1 N–H and O–H groups in total. The summed E-state index contributed by atoms with van der Waals surface area (Å²) >= 11 is 1.72. The molecule has 2 heterocycles. The van der Waals surface area contributed by atoms with Crippen LogP contribution in [0.2, 0.25) is 0 Å². The van der Waals surface area contributed by atoms with Gasteiger partial charge in [0.1, 0.15) is 0 Å². The molecular weight excluding hydrogens is 270 g/mol. The van der Waals surface area contributed by atoms with Crippen LogP contribution in [0.5, 0.6) is 0 Å². The van der Waals surface area contributed by atoms with Gasteiger partial charge < -0.3 is 5.11 Å². The molecule has 1 aromatic rings. The number of hydrogen-bond acceptors (Lipinski definition) is 3. The maximum absolute atomic E-state index is 10.6. The number of carbonyl (C=O) groups is 1. The van der Waals surface area contributed by atoms with E-state index in [-0.39, 0.29) is 0 Å². The van der Waals surface area contributed by atoms with E-state index in [0.717, 1.165) is 18.7 Å². The summed E-state index contributed by atoms with van der Waals surface area (Å²) in [7, 11) is 0. The predicted molar refractivity (Wildman–Crippen MR) is 83.9 cm³/mol. The zero-order valence-corrected chi connectivity index (χ0v) is 13.1. The van der Waals surface area contributed by atoms with E-state index < -0.39 is 5.97 Å². The summed E-state index contributed by atoms with van der Waals surface area (Å²) in [5.41, 5.74) is 1.54. The largest absolute Gasteiger partial charge is 0.478 e. The molecule has 0 aromatic carbocycles. The number of rotatable bonds is 6. The number of likely N-dealkylation sites (tertiary alicyclic amines) is 1. The highest BCUT2D eigenvalue weighted by atomic mass is 32.1. The van der Waals surface area contributed by atoms with E-state index in [1.807, 2.05) is 11.4 Å². The minimum absolute atomic E-state index is 0.494. The van der Waals surface area contributed by atoms with Gasteiger partial charge in [0, 0.05) is 24.0 Å². The van der Waals surface area contributed by atoms with Crippen molar-refractivity contribution >= 4 is 23.4 Å². The van der Waals surface area contributed by atoms with Gasteiger partial charge in [0.05, 0.1) is 0 Å². The first-order chi connectivity index (χ1) is 9.58. The highest BCUT2D eigenvalue weighted by Crippen LogP contribution is 2.38. The topological polar surface area (TPSA) is 40.5 Å². The van der Waals surface area contributed by atoms with Crippen LogP contribution >= 0.6 is 11.3 Å². The number of aliphatic carboxylic acids is 1. The molecule has 1 aliphatic rings. The molecule has 2 rings (SSSR count). The molecule has 1 fully saturated rings. The van der Waals surface area contributed by atoms with Gasteiger partial charge in [-0.2, -0.15) is 0 Å². The lowest BCUT2D eigenvalue weighted by Crippen LogP contribution is -2.25. The average Bonchev–Trinajstić information content (AvgIpc) is 3.04. The lowest BCUT2D eigenvalue weighted by Gasteiger charge is -2.26. The summed E-state index contributed by atoms with van der Waals surface area (Å²) in [5.74, 6) is -0.890. The fraction of sp³-hybridized carbons (Fsp3) is 0.562. The molecule has 1 saturated heterocycles. The van der Waals surface area contributed by atoms with Crippen LogP contribution in [0.15, 0.2) is 17.5 Å². The highest BCUT2D eigenvalue weighted by Gasteiger charge is 2.34.